The van der Waals surface area contributed by atoms with Gasteiger partial charge in [0, 0.05) is 64.9 Å². The van der Waals surface area contributed by atoms with E-state index in [1.165, 1.54) is 88.5 Å². The number of rotatable bonds is 6. The molecule has 0 N–H and O–H groups in total. The SMILES string of the molecule is c1ccc([Si](c2ccccc2)(c2cccc3c2sc2c(-n4c5ccccc5c5ccncc54)cccc23)c2cccc3c2sc2c(-n4c5ccccc5c5cccnc54)cccc23)cc1. The van der Waals surface area contributed by atoms with Crippen LogP contribution < -0.4 is 20.7 Å². The molecule has 6 heterocycles. The molecule has 0 aliphatic carbocycles. The Bertz CT molecular complexity index is 3820. The van der Waals surface area contributed by atoms with Gasteiger partial charge in [-0.1, -0.05) is 158 Å². The Kier molecular flexibility index (Phi) is 8.01. The van der Waals surface area contributed by atoms with Crippen LogP contribution in [0.5, 0.6) is 0 Å². The van der Waals surface area contributed by atoms with E-state index in [2.05, 4.69) is 208 Å². The van der Waals surface area contributed by atoms with E-state index in [0.29, 0.717) is 0 Å². The monoisotopic (exact) mass is 880 g/mol. The molecular formula is C58H36N4S2Si. The van der Waals surface area contributed by atoms with E-state index in [9.17, 15) is 0 Å². The average Bonchev–Trinajstić information content (AvgIpc) is 4.14. The Hall–Kier alpha value is -7.68. The van der Waals surface area contributed by atoms with Gasteiger partial charge in [-0.15, -0.1) is 22.7 Å². The Labute approximate surface area is 382 Å². The highest BCUT2D eigenvalue weighted by Gasteiger charge is 2.44. The van der Waals surface area contributed by atoms with Crippen LogP contribution in [0.1, 0.15) is 0 Å². The number of hydrogen-bond donors (Lipinski definition) is 0. The van der Waals surface area contributed by atoms with Gasteiger partial charge in [-0.25, -0.2) is 4.98 Å². The molecule has 7 heteroatoms. The lowest BCUT2D eigenvalue weighted by molar-refractivity contribution is 1.15. The predicted molar refractivity (Wildman–Crippen MR) is 280 cm³/mol. The minimum Gasteiger partial charge on any atom is -0.306 e. The lowest BCUT2D eigenvalue weighted by Gasteiger charge is -2.35. The van der Waals surface area contributed by atoms with Crippen LogP contribution >= 0.6 is 22.7 Å². The summed E-state index contributed by atoms with van der Waals surface area (Å²) in [6, 6.07) is 74.5. The summed E-state index contributed by atoms with van der Waals surface area (Å²) in [5.74, 6) is 0. The molecule has 0 aliphatic rings. The normalized spacial score (nSPS) is 12.3. The Morgan fingerprint density at radius 1 is 0.338 bits per heavy atom. The highest BCUT2D eigenvalue weighted by Crippen LogP contribution is 2.43. The van der Waals surface area contributed by atoms with Crippen LogP contribution in [-0.4, -0.2) is 27.2 Å². The molecule has 0 bridgehead atoms. The molecule has 0 spiro atoms. The first-order chi connectivity index (χ1) is 32.3. The molecule has 4 nitrogen and oxygen atoms in total. The van der Waals surface area contributed by atoms with Gasteiger partial charge in [0.25, 0.3) is 0 Å². The van der Waals surface area contributed by atoms with Crippen molar-refractivity contribution in [2.75, 3.05) is 0 Å². The number of thiophene rings is 2. The largest absolute Gasteiger partial charge is 0.306 e. The van der Waals surface area contributed by atoms with Crippen molar-refractivity contribution in [1.82, 2.24) is 19.1 Å². The fourth-order valence-corrected chi connectivity index (χ4v) is 19.5. The second kappa shape index (κ2) is 14.2. The van der Waals surface area contributed by atoms with Crippen LogP contribution in [0, 0.1) is 0 Å². The van der Waals surface area contributed by atoms with E-state index in [-0.39, 0.29) is 0 Å². The minimum atomic E-state index is -3.11. The third-order valence-electron chi connectivity index (χ3n) is 13.6. The lowest BCUT2D eigenvalue weighted by Crippen LogP contribution is -2.74. The first-order valence-corrected chi connectivity index (χ1v) is 25.6. The van der Waals surface area contributed by atoms with Crippen LogP contribution in [-0.2, 0) is 0 Å². The summed E-state index contributed by atoms with van der Waals surface area (Å²) in [5.41, 5.74) is 6.78. The number of nitrogens with zero attached hydrogens (tertiary/aromatic N) is 4. The molecule has 0 fully saturated rings. The van der Waals surface area contributed by atoms with Crippen LogP contribution in [0.3, 0.4) is 0 Å². The minimum absolute atomic E-state index is 0.976. The molecule has 0 saturated heterocycles. The van der Waals surface area contributed by atoms with Gasteiger partial charge in [0.2, 0.25) is 0 Å². The summed E-state index contributed by atoms with van der Waals surface area (Å²) in [5, 5.41) is 15.5. The molecule has 6 aromatic heterocycles. The highest BCUT2D eigenvalue weighted by atomic mass is 32.1. The molecule has 0 saturated carbocycles. The van der Waals surface area contributed by atoms with E-state index in [4.69, 9.17) is 4.98 Å². The summed E-state index contributed by atoms with van der Waals surface area (Å²) >= 11 is 3.88. The third-order valence-corrected chi connectivity index (χ3v) is 21.4. The highest BCUT2D eigenvalue weighted by molar-refractivity contribution is 7.34. The fourth-order valence-electron chi connectivity index (χ4n) is 11.0. The molecule has 0 radical (unpaired) electrons. The topological polar surface area (TPSA) is 35.6 Å². The van der Waals surface area contributed by atoms with Gasteiger partial charge in [0.15, 0.2) is 8.07 Å². The van der Waals surface area contributed by atoms with Crippen molar-refractivity contribution >= 4 is 136 Å². The number of benzene rings is 8. The molecular weight excluding hydrogens is 845 g/mol. The van der Waals surface area contributed by atoms with Crippen molar-refractivity contribution < 1.29 is 0 Å². The zero-order chi connectivity index (χ0) is 42.6. The van der Waals surface area contributed by atoms with Gasteiger partial charge in [0.1, 0.15) is 5.65 Å². The summed E-state index contributed by atoms with van der Waals surface area (Å²) in [6.45, 7) is 0. The molecule has 65 heavy (non-hydrogen) atoms. The van der Waals surface area contributed by atoms with Crippen molar-refractivity contribution in [3.8, 4) is 11.4 Å². The number of pyridine rings is 2. The van der Waals surface area contributed by atoms with E-state index < -0.39 is 8.07 Å². The molecule has 14 rings (SSSR count). The van der Waals surface area contributed by atoms with E-state index in [0.717, 1.165) is 27.8 Å². The molecule has 0 amide bonds. The summed E-state index contributed by atoms with van der Waals surface area (Å²) in [7, 11) is -3.11. The maximum Gasteiger partial charge on any atom is 0.182 e. The van der Waals surface area contributed by atoms with Gasteiger partial charge in [-0.3, -0.25) is 9.55 Å². The Balaban J connectivity index is 1.10. The Morgan fingerprint density at radius 2 is 0.800 bits per heavy atom. The van der Waals surface area contributed by atoms with Gasteiger partial charge in [0.05, 0.1) is 43.5 Å². The standard InChI is InChI=1S/C58H36N4S2Si/c1-3-16-37(17-4-1)65(38-18-5-2-6-19-38,52-31-13-24-44-42-22-11-29-49(54(42)63-56(44)52)61-47-27-9-7-20-39(47)41-33-35-59-36-51(41)61)53-32-14-25-45-43-23-12-30-50(55(43)64-57(45)53)62-48-28-10-8-21-40(48)46-26-15-34-60-58(46)62/h1-36H. The molecule has 8 aromatic carbocycles. The van der Waals surface area contributed by atoms with Crippen LogP contribution in [0.15, 0.2) is 219 Å². The lowest BCUT2D eigenvalue weighted by atomic mass is 10.1. The Morgan fingerprint density at radius 3 is 1.42 bits per heavy atom. The van der Waals surface area contributed by atoms with Gasteiger partial charge >= 0.3 is 0 Å². The third kappa shape index (κ3) is 5.11. The van der Waals surface area contributed by atoms with Crippen LogP contribution in [0.4, 0.5) is 0 Å². The first-order valence-electron chi connectivity index (χ1n) is 22.0. The van der Waals surface area contributed by atoms with Crippen molar-refractivity contribution in [1.29, 1.82) is 0 Å². The average molecular weight is 881 g/mol. The maximum absolute atomic E-state index is 5.00. The number of hydrogen-bond acceptors (Lipinski definition) is 4. The van der Waals surface area contributed by atoms with Crippen molar-refractivity contribution in [2.24, 2.45) is 0 Å². The van der Waals surface area contributed by atoms with Gasteiger partial charge in [-0.2, -0.15) is 0 Å². The van der Waals surface area contributed by atoms with Gasteiger partial charge < -0.3 is 4.57 Å². The first kappa shape index (κ1) is 36.8. The predicted octanol–water partition coefficient (Wildman–Crippen LogP) is 12.8. The van der Waals surface area contributed by atoms with Crippen molar-refractivity contribution in [2.45, 2.75) is 0 Å². The second-order valence-corrected chi connectivity index (χ2v) is 22.6. The number of para-hydroxylation sites is 2. The van der Waals surface area contributed by atoms with Crippen LogP contribution in [0.25, 0.3) is 95.5 Å². The summed E-state index contributed by atoms with van der Waals surface area (Å²) < 4.78 is 10.0. The smallest absolute Gasteiger partial charge is 0.182 e. The van der Waals surface area contributed by atoms with E-state index in [1.807, 2.05) is 47.3 Å². The summed E-state index contributed by atoms with van der Waals surface area (Å²) in [6.07, 6.45) is 5.84. The number of fused-ring (bicyclic) bond motifs is 12. The molecule has 0 atom stereocenters. The molecule has 0 unspecified atom stereocenters. The molecule has 14 aromatic rings. The van der Waals surface area contributed by atoms with Crippen molar-refractivity contribution in [3.63, 3.8) is 0 Å². The maximum atomic E-state index is 5.00. The van der Waals surface area contributed by atoms with Crippen LogP contribution in [0.2, 0.25) is 0 Å². The van der Waals surface area contributed by atoms with Gasteiger partial charge in [-0.05, 0) is 63.2 Å². The van der Waals surface area contributed by atoms with E-state index >= 15 is 0 Å². The molecule has 304 valence electrons. The van der Waals surface area contributed by atoms with Crippen molar-refractivity contribution in [3.05, 3.63) is 219 Å². The molecule has 0 aliphatic heterocycles. The summed E-state index contributed by atoms with van der Waals surface area (Å²) in [4.78, 5) is 9.64. The second-order valence-electron chi connectivity index (χ2n) is 16.8. The fraction of sp³-hybridized carbons (Fsp3) is 0. The van der Waals surface area contributed by atoms with E-state index in [1.54, 1.807) is 0 Å². The zero-order valence-electron chi connectivity index (χ0n) is 34.9. The number of aromatic nitrogens is 4. The zero-order valence-corrected chi connectivity index (χ0v) is 37.5. The quantitative estimate of drug-likeness (QED) is 0.123.